The molecule has 4 heterocycles. The fourth-order valence-corrected chi connectivity index (χ4v) is 7.45. The van der Waals surface area contributed by atoms with E-state index in [1.54, 1.807) is 0 Å². The van der Waals surface area contributed by atoms with Gasteiger partial charge in [0.1, 0.15) is 96.2 Å². The van der Waals surface area contributed by atoms with Gasteiger partial charge in [-0.25, -0.2) is 4.79 Å². The van der Waals surface area contributed by atoms with Gasteiger partial charge in [0, 0.05) is 23.8 Å². The fraction of sp³-hybridized carbons (Fsp3) is 0.429. The zero-order valence-electron chi connectivity index (χ0n) is 34.3. The van der Waals surface area contributed by atoms with Gasteiger partial charge in [-0.15, -0.1) is 0 Å². The van der Waals surface area contributed by atoms with E-state index in [-0.39, 0.29) is 11.1 Å². The molecule has 1 aromatic heterocycles. The number of phenolic OH excluding ortho intramolecular Hbond substituents is 6. The van der Waals surface area contributed by atoms with E-state index in [2.05, 4.69) is 0 Å². The first kappa shape index (κ1) is 49.0. The van der Waals surface area contributed by atoms with Gasteiger partial charge in [0.2, 0.25) is 17.5 Å². The predicted octanol–water partition coefficient (Wildman–Crippen LogP) is -3.21. The van der Waals surface area contributed by atoms with Gasteiger partial charge in [0.15, 0.2) is 47.4 Å². The summed E-state index contributed by atoms with van der Waals surface area (Å²) >= 11 is 0. The van der Waals surface area contributed by atoms with Crippen LogP contribution in [0.4, 0.5) is 0 Å². The first-order valence-corrected chi connectivity index (χ1v) is 20.2. The largest absolute Gasteiger partial charge is 0.508 e. The highest BCUT2D eigenvalue weighted by atomic mass is 16.8. The zero-order valence-corrected chi connectivity index (χ0v) is 34.3. The number of phenols is 6. The summed E-state index contributed by atoms with van der Waals surface area (Å²) in [5.41, 5.74) is -1.47. The minimum Gasteiger partial charge on any atom is -0.508 e. The number of esters is 1. The molecule has 3 aliphatic rings. The van der Waals surface area contributed by atoms with Crippen molar-refractivity contribution in [3.63, 3.8) is 0 Å². The Kier molecular flexibility index (Phi) is 14.7. The third-order valence-electron chi connectivity index (χ3n) is 11.1. The van der Waals surface area contributed by atoms with Crippen LogP contribution in [0.5, 0.6) is 40.2 Å². The smallest absolute Gasteiger partial charge is 0.330 e. The molecule has 15 unspecified atom stereocenters. The fourth-order valence-electron chi connectivity index (χ4n) is 7.45. The number of aliphatic hydroxyl groups is 9. The lowest BCUT2D eigenvalue weighted by Gasteiger charge is -2.48. The molecule has 0 saturated carbocycles. The molecule has 0 amide bonds. The molecule has 25 heteroatoms. The standard InChI is InChI=1S/C42H46O25/c43-11-23-29(53)34(58)39(41(62-23)65-37-31(55)27-21(50)9-16(45)10-22(27)61-36(37)15-3-5-18(47)20(49)8-15)67-42-38(33(57)28(52)24(12-44)63-42)66-40-35(59)32(56)30(54)25(64-40)13-60-26(51)6-2-14-1-4-17(46)19(48)7-14/h1-10,23-25,28-30,32-35,38-50,52-54,56-59H,11-13H2. The Morgan fingerprint density at radius 3 is 1.79 bits per heavy atom. The highest BCUT2D eigenvalue weighted by molar-refractivity contribution is 5.88. The number of aliphatic hydroxyl groups excluding tert-OH is 9. The van der Waals surface area contributed by atoms with Crippen LogP contribution in [0.15, 0.2) is 63.8 Å². The number of carbonyl (C=O) groups excluding carboxylic acids is 1. The molecule has 15 atom stereocenters. The van der Waals surface area contributed by atoms with Crippen molar-refractivity contribution >= 4 is 23.0 Å². The number of hydrogen-bond donors (Lipinski definition) is 15. The Balaban J connectivity index is 1.18. The first-order valence-electron chi connectivity index (χ1n) is 20.2. The highest BCUT2D eigenvalue weighted by Crippen LogP contribution is 2.41. The zero-order chi connectivity index (χ0) is 48.6. The van der Waals surface area contributed by atoms with E-state index in [0.29, 0.717) is 0 Å². The number of carbonyl (C=O) groups is 1. The molecule has 3 aliphatic heterocycles. The van der Waals surface area contributed by atoms with Gasteiger partial charge in [-0.2, -0.15) is 0 Å². The van der Waals surface area contributed by atoms with Crippen LogP contribution in [-0.4, -0.2) is 195 Å². The summed E-state index contributed by atoms with van der Waals surface area (Å²) in [5.74, 6) is -5.95. The van der Waals surface area contributed by atoms with E-state index >= 15 is 0 Å². The minimum atomic E-state index is -2.18. The van der Waals surface area contributed by atoms with Crippen LogP contribution in [-0.2, 0) is 33.2 Å². The van der Waals surface area contributed by atoms with Gasteiger partial charge >= 0.3 is 5.97 Å². The first-order chi connectivity index (χ1) is 31.8. The second kappa shape index (κ2) is 20.1. The maximum atomic E-state index is 14.2. The third kappa shape index (κ3) is 10.1. The molecule has 3 saturated heterocycles. The van der Waals surface area contributed by atoms with Crippen LogP contribution < -0.4 is 10.2 Å². The normalized spacial score (nSPS) is 32.3. The molecule has 0 bridgehead atoms. The van der Waals surface area contributed by atoms with Crippen LogP contribution in [0.25, 0.3) is 28.4 Å². The lowest BCUT2D eigenvalue weighted by Crippen LogP contribution is -2.67. The summed E-state index contributed by atoms with van der Waals surface area (Å²) in [6, 6.07) is 8.53. The summed E-state index contributed by atoms with van der Waals surface area (Å²) in [7, 11) is 0. The van der Waals surface area contributed by atoms with Crippen molar-refractivity contribution in [2.75, 3.05) is 19.8 Å². The molecule has 0 spiro atoms. The third-order valence-corrected chi connectivity index (χ3v) is 11.1. The van der Waals surface area contributed by atoms with E-state index in [1.165, 1.54) is 12.1 Å². The molecule has 15 N–H and O–H groups in total. The van der Waals surface area contributed by atoms with E-state index in [4.69, 9.17) is 37.6 Å². The van der Waals surface area contributed by atoms with Crippen molar-refractivity contribution in [1.82, 2.24) is 0 Å². The molecule has 0 aliphatic carbocycles. The Morgan fingerprint density at radius 1 is 0.597 bits per heavy atom. The molecular weight excluding hydrogens is 904 g/mol. The summed E-state index contributed by atoms with van der Waals surface area (Å²) in [6.45, 7) is -2.78. The molecule has 25 nitrogen and oxygen atoms in total. The van der Waals surface area contributed by atoms with Crippen molar-refractivity contribution < 1.29 is 119 Å². The van der Waals surface area contributed by atoms with Gasteiger partial charge in [-0.3, -0.25) is 4.79 Å². The molecular formula is C42H46O25. The summed E-state index contributed by atoms with van der Waals surface area (Å²) < 4.78 is 45.8. The Bertz CT molecular complexity index is 2490. The van der Waals surface area contributed by atoms with E-state index < -0.39 is 180 Å². The molecule has 7 rings (SSSR count). The van der Waals surface area contributed by atoms with Gasteiger partial charge in [0.05, 0.1) is 13.2 Å². The summed E-state index contributed by atoms with van der Waals surface area (Å²) in [6.07, 6.45) is -28.0. The number of rotatable bonds is 13. The van der Waals surface area contributed by atoms with Crippen molar-refractivity contribution in [2.24, 2.45) is 0 Å². The maximum Gasteiger partial charge on any atom is 0.330 e. The van der Waals surface area contributed by atoms with Crippen molar-refractivity contribution in [3.05, 3.63) is 70.4 Å². The van der Waals surface area contributed by atoms with Crippen LogP contribution >= 0.6 is 0 Å². The van der Waals surface area contributed by atoms with Crippen LogP contribution in [0.1, 0.15) is 5.56 Å². The lowest BCUT2D eigenvalue weighted by molar-refractivity contribution is -0.389. The average Bonchev–Trinajstić information content (AvgIpc) is 3.29. The Labute approximate surface area is 375 Å². The van der Waals surface area contributed by atoms with E-state index in [0.717, 1.165) is 48.5 Å². The summed E-state index contributed by atoms with van der Waals surface area (Å²) in [4.78, 5) is 26.7. The number of ether oxygens (including phenoxy) is 7. The number of hydrogen-bond acceptors (Lipinski definition) is 25. The Hall–Kier alpha value is -5.88. The molecule has 3 aromatic carbocycles. The Morgan fingerprint density at radius 2 is 1.16 bits per heavy atom. The number of aromatic hydroxyl groups is 6. The lowest BCUT2D eigenvalue weighted by atomic mass is 9.96. The van der Waals surface area contributed by atoms with E-state index in [1.807, 2.05) is 0 Å². The second-order valence-electron chi connectivity index (χ2n) is 15.6. The molecule has 3 fully saturated rings. The van der Waals surface area contributed by atoms with Crippen molar-refractivity contribution in [3.8, 4) is 51.6 Å². The minimum absolute atomic E-state index is 0.162. The molecule has 0 radical (unpaired) electrons. The van der Waals surface area contributed by atoms with E-state index in [9.17, 15) is 86.2 Å². The van der Waals surface area contributed by atoms with Gasteiger partial charge in [-0.1, -0.05) is 6.07 Å². The van der Waals surface area contributed by atoms with Crippen LogP contribution in [0.2, 0.25) is 0 Å². The predicted molar refractivity (Wildman–Crippen MR) is 217 cm³/mol. The maximum absolute atomic E-state index is 14.2. The average molecular weight is 951 g/mol. The number of benzene rings is 3. The topological polar surface area (TPSA) is 415 Å². The molecule has 364 valence electrons. The second-order valence-corrected chi connectivity index (χ2v) is 15.6. The van der Waals surface area contributed by atoms with Gasteiger partial charge in [-0.05, 0) is 42.0 Å². The molecule has 4 aromatic rings. The quantitative estimate of drug-likeness (QED) is 0.0356. The monoisotopic (exact) mass is 950 g/mol. The van der Waals surface area contributed by atoms with Crippen molar-refractivity contribution in [2.45, 2.75) is 92.1 Å². The molecule has 67 heavy (non-hydrogen) atoms. The highest BCUT2D eigenvalue weighted by Gasteiger charge is 2.55. The van der Waals surface area contributed by atoms with Gasteiger partial charge < -0.3 is 114 Å². The van der Waals surface area contributed by atoms with Gasteiger partial charge in [0.25, 0.3) is 0 Å². The van der Waals surface area contributed by atoms with Crippen LogP contribution in [0, 0.1) is 0 Å². The SMILES string of the molecule is O=C(C=Cc1ccc(O)c(O)c1)OCC1OC(OC2C(OC3C(Oc4c(-c5ccc(O)c(O)c5)oc5cc(O)cc(O)c5c4=O)OC(CO)C(O)C3O)OC(CO)C(O)C2O)C(O)C(O)C1O. The number of fused-ring (bicyclic) bond motifs is 1. The van der Waals surface area contributed by atoms with Crippen LogP contribution in [0.3, 0.4) is 0 Å². The van der Waals surface area contributed by atoms with Crippen molar-refractivity contribution in [1.29, 1.82) is 0 Å². The summed E-state index contributed by atoms with van der Waals surface area (Å²) in [5, 5.41) is 157.